The van der Waals surface area contributed by atoms with Crippen molar-refractivity contribution in [2.75, 3.05) is 72.0 Å². The molecule has 0 aliphatic heterocycles. The molecule has 1 N–H and O–H groups in total. The van der Waals surface area contributed by atoms with Gasteiger partial charge in [0.25, 0.3) is 0 Å². The maximum absolute atomic E-state index is 8.60. The molecule has 0 saturated heterocycles. The smallest absolute Gasteiger partial charge is 0.0777 e. The van der Waals surface area contributed by atoms with E-state index in [4.69, 9.17) is 18.6 Å². The summed E-state index contributed by atoms with van der Waals surface area (Å²) in [6, 6.07) is 36.5. The molecule has 0 fully saturated rings. The lowest BCUT2D eigenvalue weighted by Crippen LogP contribution is -2.58. The van der Waals surface area contributed by atoms with Gasteiger partial charge < -0.3 is 19.6 Å². The highest BCUT2D eigenvalue weighted by Gasteiger charge is 2.16. The normalized spacial score (nSPS) is 11.0. The lowest BCUT2D eigenvalue weighted by Gasteiger charge is -2.24. The van der Waals surface area contributed by atoms with Crippen molar-refractivity contribution in [2.45, 2.75) is 67.7 Å². The first-order valence-corrected chi connectivity index (χ1v) is 20.7. The number of benzene rings is 4. The molecular weight excluding hydrogens is 696 g/mol. The molecule has 0 unspecified atom stereocenters. The molecule has 54 heavy (non-hydrogen) atoms. The minimum atomic E-state index is -4.69. The van der Waals surface area contributed by atoms with Crippen LogP contribution in [0.4, 0.5) is 22.7 Å². The van der Waals surface area contributed by atoms with Crippen LogP contribution in [0.1, 0.15) is 90.0 Å². The molecule has 0 aliphatic carbocycles. The van der Waals surface area contributed by atoms with Gasteiger partial charge in [-0.1, -0.05) is 48.5 Å². The summed E-state index contributed by atoms with van der Waals surface area (Å²) in [6.45, 7) is 25.8. The van der Waals surface area contributed by atoms with Crippen LogP contribution in [0.3, 0.4) is 0 Å². The number of rotatable bonds is 18. The molecule has 9 heteroatoms. The van der Waals surface area contributed by atoms with Crippen molar-refractivity contribution in [3.8, 4) is 0 Å². The first-order chi connectivity index (χ1) is 25.9. The van der Waals surface area contributed by atoms with Crippen LogP contribution >= 0.6 is 0 Å². The van der Waals surface area contributed by atoms with Crippen LogP contribution in [0, 0.1) is 10.2 Å². The van der Waals surface area contributed by atoms with Crippen molar-refractivity contribution in [3.05, 3.63) is 131 Å². The van der Waals surface area contributed by atoms with Gasteiger partial charge in [-0.05, 0) is 139 Å². The maximum atomic E-state index is 8.60. The maximum Gasteiger partial charge on any atom is 0.0777 e. The second-order valence-corrected chi connectivity index (χ2v) is 13.7. The van der Waals surface area contributed by atoms with E-state index in [1.807, 2.05) is 0 Å². The van der Waals surface area contributed by atoms with E-state index in [9.17, 15) is 0 Å². The number of halogens is 1. The van der Waals surface area contributed by atoms with Gasteiger partial charge in [-0.2, -0.15) is 14.0 Å². The molecule has 4 aromatic rings. The van der Waals surface area contributed by atoms with E-state index >= 15 is 0 Å². The Labute approximate surface area is 327 Å². The fourth-order valence-corrected chi connectivity index (χ4v) is 6.94. The van der Waals surface area contributed by atoms with E-state index in [0.29, 0.717) is 0 Å². The van der Waals surface area contributed by atoms with E-state index in [2.05, 4.69) is 184 Å². The van der Waals surface area contributed by atoms with Crippen molar-refractivity contribution in [1.82, 2.24) is 0 Å². The summed E-state index contributed by atoms with van der Waals surface area (Å²) < 4.78 is 32.7. The lowest BCUT2D eigenvalue weighted by molar-refractivity contribution is -1.92. The van der Waals surface area contributed by atoms with Gasteiger partial charge in [-0.25, -0.2) is 0 Å². The Morgan fingerprint density at radius 1 is 0.500 bits per heavy atom. The Morgan fingerprint density at radius 2 is 0.741 bits per heavy atom. The molecule has 0 heterocycles. The van der Waals surface area contributed by atoms with Gasteiger partial charge in [0.15, 0.2) is 0 Å². The van der Waals surface area contributed by atoms with Crippen LogP contribution in [0.15, 0.2) is 109 Å². The molecule has 292 valence electrons. The quantitative estimate of drug-likeness (QED) is 0.111. The summed E-state index contributed by atoms with van der Waals surface area (Å²) in [5.41, 5.74) is 15.1. The van der Waals surface area contributed by atoms with Gasteiger partial charge in [-0.15, -0.1) is 5.73 Å². The topological polar surface area (TPSA) is 102 Å². The number of allylic oxidation sites excluding steroid dienone is 1. The molecule has 0 aliphatic rings. The van der Waals surface area contributed by atoms with Crippen LogP contribution in [0.2, 0.25) is 0 Å². The van der Waals surface area contributed by atoms with Crippen LogP contribution in [-0.2, 0) is 0 Å². The molecule has 0 bridgehead atoms. The fourth-order valence-electron chi connectivity index (χ4n) is 6.94. The zero-order valence-corrected chi connectivity index (χ0v) is 34.4. The highest BCUT2D eigenvalue weighted by molar-refractivity contribution is 5.80. The van der Waals surface area contributed by atoms with Gasteiger partial charge in [0.2, 0.25) is 0 Å². The average molecular weight is 757 g/mol. The average Bonchev–Trinajstić information content (AvgIpc) is 3.18. The summed E-state index contributed by atoms with van der Waals surface area (Å²) >= 11 is 0. The van der Waals surface area contributed by atoms with E-state index in [0.717, 1.165) is 64.4 Å². The summed E-state index contributed by atoms with van der Waals surface area (Å²) in [6.07, 6.45) is 3.13. The van der Waals surface area contributed by atoms with Gasteiger partial charge in [-0.3, -0.25) is 0 Å². The number of hydrogen-bond donors (Lipinski definition) is 1. The van der Waals surface area contributed by atoms with Crippen molar-refractivity contribution in [1.29, 1.82) is 0 Å². The molecule has 0 radical (unpaired) electrons. The summed E-state index contributed by atoms with van der Waals surface area (Å²) in [4.78, 5) is 9.60. The Kier molecular flexibility index (Phi) is 18.1. The number of hydrogen-bond acceptors (Lipinski definition) is 8. The monoisotopic (exact) mass is 756 g/mol. The van der Waals surface area contributed by atoms with Gasteiger partial charge in [0, 0.05) is 86.6 Å². The molecular formula is C45H61ClN4O4. The van der Waals surface area contributed by atoms with Crippen LogP contribution in [0.25, 0.3) is 5.57 Å². The molecule has 0 amide bonds. The molecule has 0 saturated carbocycles. The third-order valence-electron chi connectivity index (χ3n) is 10.0. The third-order valence-corrected chi connectivity index (χ3v) is 10.0. The second-order valence-electron chi connectivity index (χ2n) is 12.9. The van der Waals surface area contributed by atoms with Crippen LogP contribution in [-0.4, -0.2) is 57.0 Å². The van der Waals surface area contributed by atoms with Gasteiger partial charge in [0.1, 0.15) is 0 Å². The summed E-state index contributed by atoms with van der Waals surface area (Å²) in [5.74, 6) is 0.223. The molecule has 0 atom stereocenters. The van der Waals surface area contributed by atoms with Crippen molar-refractivity contribution in [3.63, 3.8) is 0 Å². The SMILES string of the molecule is CCN(CC)c1ccc(C(=C=CCC(c2ccc(N(CC)CC)cc2)c2ccc(N(CC)CC)cc2)c2ccc(N(CC)CC)cc2)cc1.[O-][Cl+3]([O-])([O-])O. The van der Waals surface area contributed by atoms with E-state index in [1.54, 1.807) is 0 Å². The molecule has 0 spiro atoms. The van der Waals surface area contributed by atoms with Crippen LogP contribution in [0.5, 0.6) is 0 Å². The number of nitrogens with zero attached hydrogens (tertiary/aromatic N) is 4. The summed E-state index contributed by atoms with van der Waals surface area (Å²) in [7, 11) is -4.69. The van der Waals surface area contributed by atoms with Crippen molar-refractivity contribution in [2.24, 2.45) is 0 Å². The first kappa shape index (κ1) is 44.1. The van der Waals surface area contributed by atoms with Crippen molar-refractivity contribution < 1.29 is 28.9 Å². The molecule has 8 nitrogen and oxygen atoms in total. The molecule has 4 aromatic carbocycles. The summed E-state index contributed by atoms with van der Waals surface area (Å²) in [5, 5.41) is 0. The standard InChI is InChI=1S/C45H60N4.ClHO4/c1-9-46(10-2)40-28-20-36(21-29-40)44(37-22-30-41(31-23-37)47(11-3)12-4)18-17-19-45(38-24-32-42(33-25-38)48(13-5)14-6)39-26-34-43(35-27-39)49(15-7)16-8;2-1(3,4)5/h17,20-35,44H,9-16,18H2,1-8H3;(H,2,3,4,5). The Balaban J connectivity index is 0.00000147. The highest BCUT2D eigenvalue weighted by atomic mass is 35.7. The fraction of sp³-hybridized carbons (Fsp3) is 0.400. The Morgan fingerprint density at radius 3 is 0.981 bits per heavy atom. The lowest BCUT2D eigenvalue weighted by atomic mass is 9.88. The van der Waals surface area contributed by atoms with E-state index in [-0.39, 0.29) is 5.92 Å². The first-order valence-electron chi connectivity index (χ1n) is 19.4. The Bertz CT molecular complexity index is 1580. The zero-order valence-electron chi connectivity index (χ0n) is 33.6. The second kappa shape index (κ2) is 22.2. The van der Waals surface area contributed by atoms with E-state index < -0.39 is 10.2 Å². The number of anilines is 4. The molecule has 4 rings (SSSR count). The van der Waals surface area contributed by atoms with Gasteiger partial charge in [0.05, 0.1) is 14.9 Å². The zero-order chi connectivity index (χ0) is 39.7. The van der Waals surface area contributed by atoms with E-state index in [1.165, 1.54) is 45.0 Å². The van der Waals surface area contributed by atoms with Gasteiger partial charge >= 0.3 is 0 Å². The molecule has 0 aromatic heterocycles. The highest BCUT2D eigenvalue weighted by Crippen LogP contribution is 2.33. The minimum Gasteiger partial charge on any atom is -0.372 e. The third kappa shape index (κ3) is 12.9. The largest absolute Gasteiger partial charge is 0.372 e. The minimum absolute atomic E-state index is 0.223. The predicted octanol–water partition coefficient (Wildman–Crippen LogP) is 6.76. The predicted molar refractivity (Wildman–Crippen MR) is 219 cm³/mol. The van der Waals surface area contributed by atoms with Crippen molar-refractivity contribution >= 4 is 28.3 Å². The van der Waals surface area contributed by atoms with Crippen LogP contribution < -0.4 is 33.6 Å². The Hall–Kier alpha value is -4.27.